The van der Waals surface area contributed by atoms with Gasteiger partial charge in [-0.15, -0.1) is 0 Å². The fraction of sp³-hybridized carbons (Fsp3) is 0.682. The second-order valence-electron chi connectivity index (χ2n) is 10.2. The molecule has 0 aliphatic heterocycles. The number of carbonyl (C=O) groups excluding carboxylic acids is 1. The van der Waals surface area contributed by atoms with E-state index in [1.807, 2.05) is 0 Å². The number of carbonyl (C=O) groups is 1. The van der Waals surface area contributed by atoms with E-state index in [0.29, 0.717) is 18.6 Å². The maximum absolute atomic E-state index is 12.2. The van der Waals surface area contributed by atoms with E-state index in [-0.39, 0.29) is 16.2 Å². The molecule has 23 heavy (non-hydrogen) atoms. The van der Waals surface area contributed by atoms with Crippen LogP contribution in [-0.4, -0.2) is 5.78 Å². The predicted molar refractivity (Wildman–Crippen MR) is 101 cm³/mol. The van der Waals surface area contributed by atoms with Crippen molar-refractivity contribution in [3.8, 4) is 0 Å². The topological polar surface area (TPSA) is 17.1 Å². The van der Waals surface area contributed by atoms with E-state index in [1.54, 1.807) is 0 Å². The highest BCUT2D eigenvalue weighted by atomic mass is 16.1. The molecule has 0 heterocycles. The summed E-state index contributed by atoms with van der Waals surface area (Å²) in [6.45, 7) is 19.9. The SMILES string of the molecule is CC(C)(C)CC(=O)CCc1cc(C(C)(C)C)cc(C(C)(C)C)c1. The maximum atomic E-state index is 12.2. The van der Waals surface area contributed by atoms with Crippen LogP contribution in [-0.2, 0) is 22.0 Å². The number of ketones is 1. The fourth-order valence-electron chi connectivity index (χ4n) is 2.67. The molecule has 0 fully saturated rings. The number of Topliss-reactive ketones (excluding diaryl/α,β-unsaturated/α-hetero) is 1. The van der Waals surface area contributed by atoms with Crippen molar-refractivity contribution in [1.29, 1.82) is 0 Å². The molecule has 0 amide bonds. The van der Waals surface area contributed by atoms with Gasteiger partial charge in [0.1, 0.15) is 5.78 Å². The molecule has 130 valence electrons. The Balaban J connectivity index is 3.00. The summed E-state index contributed by atoms with van der Waals surface area (Å²) in [6, 6.07) is 6.92. The first kappa shape index (κ1) is 19.9. The smallest absolute Gasteiger partial charge is 0.133 e. The Labute approximate surface area is 143 Å². The molecule has 1 heteroatoms. The lowest BCUT2D eigenvalue weighted by Gasteiger charge is -2.26. The molecular weight excluding hydrogens is 280 g/mol. The summed E-state index contributed by atoms with van der Waals surface area (Å²) in [6.07, 6.45) is 2.16. The monoisotopic (exact) mass is 316 g/mol. The molecule has 1 aromatic carbocycles. The molecular formula is C22H36O. The van der Waals surface area contributed by atoms with Crippen LogP contribution in [0.3, 0.4) is 0 Å². The van der Waals surface area contributed by atoms with E-state index < -0.39 is 0 Å². The molecule has 0 spiro atoms. The van der Waals surface area contributed by atoms with E-state index in [0.717, 1.165) is 6.42 Å². The largest absolute Gasteiger partial charge is 0.300 e. The van der Waals surface area contributed by atoms with Crippen molar-refractivity contribution >= 4 is 5.78 Å². The van der Waals surface area contributed by atoms with Crippen LogP contribution in [0, 0.1) is 5.41 Å². The van der Waals surface area contributed by atoms with Crippen LogP contribution in [0.25, 0.3) is 0 Å². The minimum atomic E-state index is 0.0842. The lowest BCUT2D eigenvalue weighted by Crippen LogP contribution is -2.17. The van der Waals surface area contributed by atoms with E-state index in [9.17, 15) is 4.79 Å². The first-order valence-electron chi connectivity index (χ1n) is 8.85. The Bertz CT molecular complexity index is 513. The minimum absolute atomic E-state index is 0.0842. The van der Waals surface area contributed by atoms with Gasteiger partial charge in [-0.05, 0) is 39.4 Å². The molecule has 0 bridgehead atoms. The van der Waals surface area contributed by atoms with Crippen LogP contribution >= 0.6 is 0 Å². The van der Waals surface area contributed by atoms with Crippen molar-refractivity contribution < 1.29 is 4.79 Å². The van der Waals surface area contributed by atoms with Crippen LogP contribution in [0.15, 0.2) is 18.2 Å². The zero-order chi connectivity index (χ0) is 18.1. The van der Waals surface area contributed by atoms with Gasteiger partial charge in [0.2, 0.25) is 0 Å². The summed E-state index contributed by atoms with van der Waals surface area (Å²) >= 11 is 0. The molecule has 0 aliphatic rings. The Kier molecular flexibility index (Phi) is 5.88. The zero-order valence-electron chi connectivity index (χ0n) is 16.8. The molecule has 1 rings (SSSR count). The average molecular weight is 317 g/mol. The summed E-state index contributed by atoms with van der Waals surface area (Å²) in [7, 11) is 0. The van der Waals surface area contributed by atoms with Crippen LogP contribution in [0.5, 0.6) is 0 Å². The molecule has 0 atom stereocenters. The second kappa shape index (κ2) is 6.79. The van der Waals surface area contributed by atoms with Gasteiger partial charge in [-0.3, -0.25) is 4.79 Å². The number of aryl methyl sites for hydroxylation is 1. The van der Waals surface area contributed by atoms with Gasteiger partial charge in [-0.1, -0.05) is 80.5 Å². The van der Waals surface area contributed by atoms with E-state index in [4.69, 9.17) is 0 Å². The van der Waals surface area contributed by atoms with Crippen molar-refractivity contribution in [2.45, 2.75) is 92.4 Å². The Morgan fingerprint density at radius 2 is 1.22 bits per heavy atom. The average Bonchev–Trinajstić information content (AvgIpc) is 2.32. The first-order valence-corrected chi connectivity index (χ1v) is 8.85. The van der Waals surface area contributed by atoms with Gasteiger partial charge in [0.05, 0.1) is 0 Å². The highest BCUT2D eigenvalue weighted by Crippen LogP contribution is 2.31. The molecule has 0 aromatic heterocycles. The van der Waals surface area contributed by atoms with Crippen molar-refractivity contribution in [2.24, 2.45) is 5.41 Å². The molecule has 0 aliphatic carbocycles. The molecule has 0 N–H and O–H groups in total. The Hall–Kier alpha value is -1.11. The first-order chi connectivity index (χ1) is 10.2. The third-order valence-corrected chi connectivity index (χ3v) is 4.14. The third kappa shape index (κ3) is 6.89. The quantitative estimate of drug-likeness (QED) is 0.644. The van der Waals surface area contributed by atoms with Crippen LogP contribution < -0.4 is 0 Å². The van der Waals surface area contributed by atoms with Crippen LogP contribution in [0.2, 0.25) is 0 Å². The molecule has 0 unspecified atom stereocenters. The molecule has 1 nitrogen and oxygen atoms in total. The van der Waals surface area contributed by atoms with Gasteiger partial charge in [-0.25, -0.2) is 0 Å². The molecule has 1 aromatic rings. The highest BCUT2D eigenvalue weighted by Gasteiger charge is 2.21. The summed E-state index contributed by atoms with van der Waals surface area (Å²) in [4.78, 5) is 12.2. The summed E-state index contributed by atoms with van der Waals surface area (Å²) in [5.74, 6) is 0.371. The Morgan fingerprint density at radius 3 is 1.57 bits per heavy atom. The fourth-order valence-corrected chi connectivity index (χ4v) is 2.67. The van der Waals surface area contributed by atoms with Crippen LogP contribution in [0.4, 0.5) is 0 Å². The van der Waals surface area contributed by atoms with Crippen molar-refractivity contribution in [2.75, 3.05) is 0 Å². The van der Waals surface area contributed by atoms with Crippen molar-refractivity contribution in [3.63, 3.8) is 0 Å². The summed E-state index contributed by atoms with van der Waals surface area (Å²) in [5, 5.41) is 0. The lowest BCUT2D eigenvalue weighted by molar-refractivity contribution is -0.120. The number of hydrogen-bond acceptors (Lipinski definition) is 1. The highest BCUT2D eigenvalue weighted by molar-refractivity contribution is 5.79. The third-order valence-electron chi connectivity index (χ3n) is 4.14. The minimum Gasteiger partial charge on any atom is -0.300 e. The molecule has 0 saturated carbocycles. The van der Waals surface area contributed by atoms with Crippen molar-refractivity contribution in [1.82, 2.24) is 0 Å². The number of rotatable bonds is 4. The lowest BCUT2D eigenvalue weighted by atomic mass is 9.79. The van der Waals surface area contributed by atoms with Gasteiger partial charge >= 0.3 is 0 Å². The summed E-state index contributed by atoms with van der Waals surface area (Å²) in [5.41, 5.74) is 4.37. The van der Waals surface area contributed by atoms with Crippen molar-refractivity contribution in [3.05, 3.63) is 34.9 Å². The van der Waals surface area contributed by atoms with Gasteiger partial charge < -0.3 is 0 Å². The van der Waals surface area contributed by atoms with Gasteiger partial charge in [0.15, 0.2) is 0 Å². The number of hydrogen-bond donors (Lipinski definition) is 0. The van der Waals surface area contributed by atoms with Crippen LogP contribution in [0.1, 0.15) is 91.8 Å². The van der Waals surface area contributed by atoms with Gasteiger partial charge in [0.25, 0.3) is 0 Å². The maximum Gasteiger partial charge on any atom is 0.133 e. The summed E-state index contributed by atoms with van der Waals surface area (Å²) < 4.78 is 0. The predicted octanol–water partition coefficient (Wildman–Crippen LogP) is 6.22. The molecule has 0 radical (unpaired) electrons. The zero-order valence-corrected chi connectivity index (χ0v) is 16.8. The van der Waals surface area contributed by atoms with Gasteiger partial charge in [-0.2, -0.15) is 0 Å². The van der Waals surface area contributed by atoms with Gasteiger partial charge in [0, 0.05) is 12.8 Å². The standard InChI is InChI=1S/C22H36O/c1-20(2,3)15-19(23)11-10-16-12-17(21(4,5)6)14-18(13-16)22(7,8)9/h12-14H,10-11,15H2,1-9H3. The van der Waals surface area contributed by atoms with E-state index >= 15 is 0 Å². The normalized spacial score (nSPS) is 13.3. The Morgan fingerprint density at radius 1 is 0.783 bits per heavy atom. The second-order valence-corrected chi connectivity index (χ2v) is 10.2. The number of benzene rings is 1. The molecule has 0 saturated heterocycles. The van der Waals surface area contributed by atoms with E-state index in [1.165, 1.54) is 16.7 Å². The van der Waals surface area contributed by atoms with E-state index in [2.05, 4.69) is 80.5 Å².